The summed E-state index contributed by atoms with van der Waals surface area (Å²) in [5.74, 6) is -1.26. The number of hydrogen-bond acceptors (Lipinski definition) is 3. The van der Waals surface area contributed by atoms with Gasteiger partial charge in [0.15, 0.2) is 0 Å². The quantitative estimate of drug-likeness (QED) is 0.484. The van der Waals surface area contributed by atoms with Crippen molar-refractivity contribution in [1.82, 2.24) is 10.6 Å². The van der Waals surface area contributed by atoms with Gasteiger partial charge in [0.2, 0.25) is 0 Å². The van der Waals surface area contributed by atoms with E-state index in [-0.39, 0.29) is 0 Å². The Balaban J connectivity index is 3.91. The zero-order chi connectivity index (χ0) is 10.5. The van der Waals surface area contributed by atoms with Crippen LogP contribution < -0.4 is 16.4 Å². The van der Waals surface area contributed by atoms with Crippen LogP contribution in [0.25, 0.3) is 0 Å². The maximum Gasteiger partial charge on any atom is 0.309 e. The van der Waals surface area contributed by atoms with Crippen molar-refractivity contribution in [3.05, 3.63) is 0 Å². The van der Waals surface area contributed by atoms with Crippen LogP contribution in [0.2, 0.25) is 0 Å². The van der Waals surface area contributed by atoms with Crippen LogP contribution in [0.5, 0.6) is 0 Å². The Bertz CT molecular complexity index is 196. The lowest BCUT2D eigenvalue weighted by Gasteiger charge is -2.19. The molecular weight excluding hydrogens is 170 g/mol. The third-order valence-corrected chi connectivity index (χ3v) is 1.12. The molecule has 0 aromatic carbocycles. The minimum atomic E-state index is -0.639. The highest BCUT2D eigenvalue weighted by molar-refractivity contribution is 6.35. The fourth-order valence-electron chi connectivity index (χ4n) is 0.663. The van der Waals surface area contributed by atoms with Crippen molar-refractivity contribution < 1.29 is 9.59 Å². The molecule has 0 radical (unpaired) electrons. The summed E-state index contributed by atoms with van der Waals surface area (Å²) >= 11 is 0. The van der Waals surface area contributed by atoms with Crippen LogP contribution in [-0.4, -0.2) is 30.4 Å². The molecule has 4 N–H and O–H groups in total. The van der Waals surface area contributed by atoms with Crippen LogP contribution >= 0.6 is 0 Å². The van der Waals surface area contributed by atoms with E-state index in [0.717, 1.165) is 0 Å². The Morgan fingerprint density at radius 3 is 2.15 bits per heavy atom. The minimum absolute atomic E-state index is 0.316. The SMILES string of the molecule is CC(C)(C)NC(=O)C(=O)NCCN. The number of hydrogen-bond donors (Lipinski definition) is 3. The third-order valence-electron chi connectivity index (χ3n) is 1.12. The second-order valence-corrected chi connectivity index (χ2v) is 3.75. The summed E-state index contributed by atoms with van der Waals surface area (Å²) in [5, 5.41) is 4.91. The van der Waals surface area contributed by atoms with Crippen LogP contribution in [0.4, 0.5) is 0 Å². The third kappa shape index (κ3) is 6.10. The summed E-state index contributed by atoms with van der Waals surface area (Å²) in [4.78, 5) is 22.1. The molecule has 76 valence electrons. The lowest BCUT2D eigenvalue weighted by molar-refractivity contribution is -0.140. The van der Waals surface area contributed by atoms with Crippen molar-refractivity contribution in [2.24, 2.45) is 5.73 Å². The number of rotatable bonds is 2. The number of carbonyl (C=O) groups is 2. The standard InChI is InChI=1S/C8H17N3O2/c1-8(2,3)11-7(13)6(12)10-5-4-9/h4-5,9H2,1-3H3,(H,10,12)(H,11,13). The van der Waals surface area contributed by atoms with Crippen LogP contribution in [0, 0.1) is 0 Å². The van der Waals surface area contributed by atoms with E-state index in [2.05, 4.69) is 10.6 Å². The first-order valence-corrected chi connectivity index (χ1v) is 4.17. The highest BCUT2D eigenvalue weighted by Crippen LogP contribution is 1.97. The molecule has 0 saturated carbocycles. The van der Waals surface area contributed by atoms with E-state index in [1.54, 1.807) is 20.8 Å². The molecule has 5 nitrogen and oxygen atoms in total. The molecule has 0 fully saturated rings. The first-order chi connectivity index (χ1) is 5.87. The second kappa shape index (κ2) is 4.81. The van der Waals surface area contributed by atoms with E-state index >= 15 is 0 Å². The van der Waals surface area contributed by atoms with Crippen molar-refractivity contribution in [2.45, 2.75) is 26.3 Å². The molecular formula is C8H17N3O2. The average Bonchev–Trinajstić information content (AvgIpc) is 1.96. The van der Waals surface area contributed by atoms with Gasteiger partial charge >= 0.3 is 11.8 Å². The molecule has 0 aliphatic rings. The fourth-order valence-corrected chi connectivity index (χ4v) is 0.663. The Morgan fingerprint density at radius 1 is 1.23 bits per heavy atom. The molecule has 0 spiro atoms. The summed E-state index contributed by atoms with van der Waals surface area (Å²) in [7, 11) is 0. The largest absolute Gasteiger partial charge is 0.347 e. The Morgan fingerprint density at radius 2 is 1.77 bits per heavy atom. The van der Waals surface area contributed by atoms with Gasteiger partial charge in [-0.15, -0.1) is 0 Å². The topological polar surface area (TPSA) is 84.2 Å². The molecule has 0 saturated heterocycles. The molecule has 0 aromatic heterocycles. The van der Waals surface area contributed by atoms with Crippen LogP contribution in [0.3, 0.4) is 0 Å². The molecule has 0 atom stereocenters. The zero-order valence-electron chi connectivity index (χ0n) is 8.31. The zero-order valence-corrected chi connectivity index (χ0v) is 8.31. The molecule has 0 heterocycles. The van der Waals surface area contributed by atoms with Crippen molar-refractivity contribution in [1.29, 1.82) is 0 Å². The molecule has 0 aromatic rings. The molecule has 0 bridgehead atoms. The Labute approximate surface area is 78.1 Å². The maximum absolute atomic E-state index is 11.1. The number of carbonyl (C=O) groups excluding carboxylic acids is 2. The number of nitrogens with one attached hydrogen (secondary N) is 2. The Hall–Kier alpha value is -1.10. The summed E-state index contributed by atoms with van der Waals surface area (Å²) in [6.07, 6.45) is 0. The van der Waals surface area contributed by atoms with Gasteiger partial charge in [-0.25, -0.2) is 0 Å². The minimum Gasteiger partial charge on any atom is -0.347 e. The van der Waals surface area contributed by atoms with Gasteiger partial charge in [-0.05, 0) is 20.8 Å². The molecule has 0 rings (SSSR count). The summed E-state index contributed by atoms with van der Waals surface area (Å²) < 4.78 is 0. The summed E-state index contributed by atoms with van der Waals surface area (Å²) in [6.45, 7) is 6.06. The molecule has 5 heteroatoms. The fraction of sp³-hybridized carbons (Fsp3) is 0.750. The van der Waals surface area contributed by atoms with Gasteiger partial charge < -0.3 is 16.4 Å². The van der Waals surface area contributed by atoms with Gasteiger partial charge in [0, 0.05) is 18.6 Å². The smallest absolute Gasteiger partial charge is 0.309 e. The average molecular weight is 187 g/mol. The number of nitrogens with two attached hydrogens (primary N) is 1. The van der Waals surface area contributed by atoms with E-state index in [1.807, 2.05) is 0 Å². The molecule has 0 aliphatic carbocycles. The van der Waals surface area contributed by atoms with E-state index in [9.17, 15) is 9.59 Å². The predicted molar refractivity (Wildman–Crippen MR) is 50.0 cm³/mol. The molecule has 0 unspecified atom stereocenters. The van der Waals surface area contributed by atoms with Gasteiger partial charge in [-0.2, -0.15) is 0 Å². The van der Waals surface area contributed by atoms with Crippen LogP contribution in [0.1, 0.15) is 20.8 Å². The van der Waals surface area contributed by atoms with Gasteiger partial charge in [0.25, 0.3) is 0 Å². The highest BCUT2D eigenvalue weighted by atomic mass is 16.2. The van der Waals surface area contributed by atoms with Gasteiger partial charge in [0.05, 0.1) is 0 Å². The van der Waals surface area contributed by atoms with Gasteiger partial charge in [-0.1, -0.05) is 0 Å². The molecule has 0 aliphatic heterocycles. The first-order valence-electron chi connectivity index (χ1n) is 4.17. The summed E-state index contributed by atoms with van der Waals surface area (Å²) in [5.41, 5.74) is 4.77. The van der Waals surface area contributed by atoms with Crippen molar-refractivity contribution in [2.75, 3.05) is 13.1 Å². The maximum atomic E-state index is 11.1. The lowest BCUT2D eigenvalue weighted by atomic mass is 10.1. The van der Waals surface area contributed by atoms with Crippen LogP contribution in [-0.2, 0) is 9.59 Å². The highest BCUT2D eigenvalue weighted by Gasteiger charge is 2.19. The normalized spacial score (nSPS) is 10.8. The molecule has 13 heavy (non-hydrogen) atoms. The Kier molecular flexibility index (Phi) is 4.40. The first kappa shape index (κ1) is 11.9. The van der Waals surface area contributed by atoms with E-state index in [0.29, 0.717) is 13.1 Å². The van der Waals surface area contributed by atoms with E-state index in [1.165, 1.54) is 0 Å². The van der Waals surface area contributed by atoms with E-state index < -0.39 is 17.4 Å². The molecule has 2 amide bonds. The monoisotopic (exact) mass is 187 g/mol. The van der Waals surface area contributed by atoms with Crippen molar-refractivity contribution in [3.63, 3.8) is 0 Å². The lowest BCUT2D eigenvalue weighted by Crippen LogP contribution is -2.48. The van der Waals surface area contributed by atoms with E-state index in [4.69, 9.17) is 5.73 Å². The number of amides is 2. The van der Waals surface area contributed by atoms with Gasteiger partial charge in [0.1, 0.15) is 0 Å². The van der Waals surface area contributed by atoms with Crippen molar-refractivity contribution in [3.8, 4) is 0 Å². The predicted octanol–water partition coefficient (Wildman–Crippen LogP) is -1.02. The van der Waals surface area contributed by atoms with Gasteiger partial charge in [-0.3, -0.25) is 9.59 Å². The van der Waals surface area contributed by atoms with Crippen LogP contribution in [0.15, 0.2) is 0 Å². The summed E-state index contributed by atoms with van der Waals surface area (Å²) in [6, 6.07) is 0. The second-order valence-electron chi connectivity index (χ2n) is 3.75. The van der Waals surface area contributed by atoms with Crippen molar-refractivity contribution >= 4 is 11.8 Å².